The van der Waals surface area contributed by atoms with Crippen molar-refractivity contribution in [2.24, 2.45) is 0 Å². The minimum absolute atomic E-state index is 0.330. The van der Waals surface area contributed by atoms with Crippen molar-refractivity contribution < 1.29 is 9.16 Å². The number of unbranched alkanes of at least 4 members (excludes halogenated alkanes) is 6. The van der Waals surface area contributed by atoms with Crippen LogP contribution in [0.2, 0.25) is 18.1 Å². The van der Waals surface area contributed by atoms with Gasteiger partial charge in [-0.25, -0.2) is 0 Å². The molecule has 0 aliphatic carbocycles. The molecule has 0 bridgehead atoms. The third-order valence-corrected chi connectivity index (χ3v) is 10.1. The topological polar surface area (TPSA) is 18.5 Å². The second-order valence-corrected chi connectivity index (χ2v) is 13.5. The Bertz CT molecular complexity index is 460. The van der Waals surface area contributed by atoms with Crippen LogP contribution in [0.5, 0.6) is 5.75 Å². The summed E-state index contributed by atoms with van der Waals surface area (Å²) in [5.41, 5.74) is 1.42. The molecule has 0 atom stereocenters. The first-order valence-electron chi connectivity index (χ1n) is 10.0. The van der Waals surface area contributed by atoms with Gasteiger partial charge >= 0.3 is 0 Å². The normalized spacial score (nSPS) is 12.4. The molecule has 0 unspecified atom stereocenters. The number of benzene rings is 1. The van der Waals surface area contributed by atoms with Gasteiger partial charge in [0.2, 0.25) is 0 Å². The van der Waals surface area contributed by atoms with E-state index >= 15 is 0 Å². The molecular weight excluding hydrogens is 324 g/mol. The average molecular weight is 365 g/mol. The molecular formula is C22H40O2Si. The van der Waals surface area contributed by atoms with Crippen molar-refractivity contribution in [1.29, 1.82) is 0 Å². The Balaban J connectivity index is 1.97. The lowest BCUT2D eigenvalue weighted by Gasteiger charge is -2.36. The van der Waals surface area contributed by atoms with Crippen LogP contribution in [0.1, 0.15) is 71.3 Å². The van der Waals surface area contributed by atoms with Gasteiger partial charge < -0.3 is 9.16 Å². The molecule has 0 saturated heterocycles. The Morgan fingerprint density at radius 3 is 1.84 bits per heavy atom. The number of hydrogen-bond acceptors (Lipinski definition) is 2. The van der Waals surface area contributed by atoms with E-state index in [-0.39, 0.29) is 0 Å². The van der Waals surface area contributed by atoms with E-state index in [0.29, 0.717) is 5.04 Å². The predicted molar refractivity (Wildman–Crippen MR) is 112 cm³/mol. The van der Waals surface area contributed by atoms with Gasteiger partial charge in [-0.05, 0) is 55.1 Å². The highest BCUT2D eigenvalue weighted by Crippen LogP contribution is 2.36. The van der Waals surface area contributed by atoms with Crippen molar-refractivity contribution >= 4 is 8.32 Å². The van der Waals surface area contributed by atoms with Gasteiger partial charge in [0.25, 0.3) is 0 Å². The van der Waals surface area contributed by atoms with Crippen LogP contribution < -0.4 is 4.74 Å². The summed E-state index contributed by atoms with van der Waals surface area (Å²) in [6, 6.07) is 8.48. The highest BCUT2D eigenvalue weighted by molar-refractivity contribution is 6.74. The molecule has 2 nitrogen and oxygen atoms in total. The van der Waals surface area contributed by atoms with Gasteiger partial charge in [-0.2, -0.15) is 0 Å². The Labute approximate surface area is 157 Å². The standard InChI is InChI=1S/C22H40O2Si/c1-22(2,3)25(5,6)24-19-13-11-9-7-8-10-12-14-20-15-17-21(23-4)18-16-20/h15-18H,7-14,19H2,1-6H3. The quantitative estimate of drug-likeness (QED) is 0.294. The fourth-order valence-corrected chi connectivity index (χ4v) is 3.74. The summed E-state index contributed by atoms with van der Waals surface area (Å²) >= 11 is 0. The molecule has 0 spiro atoms. The highest BCUT2D eigenvalue weighted by atomic mass is 28.4. The lowest BCUT2D eigenvalue weighted by atomic mass is 10.0. The Morgan fingerprint density at radius 2 is 1.32 bits per heavy atom. The van der Waals surface area contributed by atoms with Crippen LogP contribution in [0.4, 0.5) is 0 Å². The van der Waals surface area contributed by atoms with E-state index < -0.39 is 8.32 Å². The van der Waals surface area contributed by atoms with E-state index in [1.165, 1.54) is 56.9 Å². The molecule has 0 aliphatic heterocycles. The van der Waals surface area contributed by atoms with Gasteiger partial charge in [-0.3, -0.25) is 0 Å². The number of ether oxygens (including phenoxy) is 1. The van der Waals surface area contributed by atoms with Crippen molar-refractivity contribution in [2.75, 3.05) is 13.7 Å². The molecule has 144 valence electrons. The summed E-state index contributed by atoms with van der Waals surface area (Å²) in [7, 11) is 0.180. The van der Waals surface area contributed by atoms with Gasteiger partial charge in [-0.15, -0.1) is 0 Å². The molecule has 3 heteroatoms. The van der Waals surface area contributed by atoms with Crippen molar-refractivity contribution in [2.45, 2.75) is 90.3 Å². The number of hydrogen-bond donors (Lipinski definition) is 0. The summed E-state index contributed by atoms with van der Waals surface area (Å²) < 4.78 is 11.4. The van der Waals surface area contributed by atoms with Crippen LogP contribution in [0.25, 0.3) is 0 Å². The van der Waals surface area contributed by atoms with Crippen molar-refractivity contribution in [3.63, 3.8) is 0 Å². The molecule has 0 amide bonds. The van der Waals surface area contributed by atoms with Crippen LogP contribution in [0.3, 0.4) is 0 Å². The van der Waals surface area contributed by atoms with E-state index in [9.17, 15) is 0 Å². The first-order chi connectivity index (χ1) is 11.8. The zero-order valence-corrected chi connectivity index (χ0v) is 18.5. The summed E-state index contributed by atoms with van der Waals surface area (Å²) in [6.07, 6.45) is 10.4. The van der Waals surface area contributed by atoms with Crippen LogP contribution in [0.15, 0.2) is 24.3 Å². The Hall–Kier alpha value is -0.803. The largest absolute Gasteiger partial charge is 0.497 e. The fraction of sp³-hybridized carbons (Fsp3) is 0.727. The summed E-state index contributed by atoms with van der Waals surface area (Å²) in [4.78, 5) is 0. The lowest BCUT2D eigenvalue weighted by molar-refractivity contribution is 0.277. The van der Waals surface area contributed by atoms with Gasteiger partial charge in [0.15, 0.2) is 8.32 Å². The molecule has 0 N–H and O–H groups in total. The number of rotatable bonds is 12. The maximum atomic E-state index is 6.23. The maximum Gasteiger partial charge on any atom is 0.191 e. The zero-order valence-electron chi connectivity index (χ0n) is 17.5. The summed E-state index contributed by atoms with van der Waals surface area (Å²) in [5.74, 6) is 0.946. The predicted octanol–water partition coefficient (Wildman–Crippen LogP) is 6.99. The average Bonchev–Trinajstić information content (AvgIpc) is 2.56. The van der Waals surface area contributed by atoms with Gasteiger partial charge in [-0.1, -0.05) is 65.0 Å². The molecule has 0 aliphatic rings. The molecule has 0 heterocycles. The van der Waals surface area contributed by atoms with Crippen molar-refractivity contribution in [1.82, 2.24) is 0 Å². The molecule has 0 saturated carbocycles. The SMILES string of the molecule is COc1ccc(CCCCCCCCCO[Si](C)(C)C(C)(C)C)cc1. The molecule has 1 aromatic carbocycles. The maximum absolute atomic E-state index is 6.23. The van der Waals surface area contributed by atoms with Crippen LogP contribution in [0, 0.1) is 0 Å². The van der Waals surface area contributed by atoms with Gasteiger partial charge in [0, 0.05) is 6.61 Å². The van der Waals surface area contributed by atoms with E-state index in [2.05, 4.69) is 58.1 Å². The third kappa shape index (κ3) is 8.91. The van der Waals surface area contributed by atoms with Crippen LogP contribution >= 0.6 is 0 Å². The minimum Gasteiger partial charge on any atom is -0.497 e. The minimum atomic E-state index is -1.54. The Kier molecular flexibility index (Phi) is 9.81. The van der Waals surface area contributed by atoms with Crippen molar-refractivity contribution in [3.8, 4) is 5.75 Å². The van der Waals surface area contributed by atoms with Crippen LogP contribution in [-0.4, -0.2) is 22.0 Å². The van der Waals surface area contributed by atoms with E-state index in [4.69, 9.17) is 9.16 Å². The van der Waals surface area contributed by atoms with E-state index in [0.717, 1.165) is 12.4 Å². The van der Waals surface area contributed by atoms with Gasteiger partial charge in [0.05, 0.1) is 7.11 Å². The lowest BCUT2D eigenvalue weighted by Crippen LogP contribution is -2.40. The monoisotopic (exact) mass is 364 g/mol. The molecule has 0 fully saturated rings. The number of aryl methyl sites for hydroxylation is 1. The van der Waals surface area contributed by atoms with Crippen LogP contribution in [-0.2, 0) is 10.8 Å². The second-order valence-electron chi connectivity index (χ2n) is 8.68. The first-order valence-corrected chi connectivity index (χ1v) is 12.9. The summed E-state index contributed by atoms with van der Waals surface area (Å²) in [5, 5.41) is 0.330. The Morgan fingerprint density at radius 1 is 0.800 bits per heavy atom. The van der Waals surface area contributed by atoms with E-state index in [1.54, 1.807) is 7.11 Å². The summed E-state index contributed by atoms with van der Waals surface area (Å²) in [6.45, 7) is 12.6. The van der Waals surface area contributed by atoms with Gasteiger partial charge in [0.1, 0.15) is 5.75 Å². The molecule has 0 radical (unpaired) electrons. The molecule has 0 aromatic heterocycles. The smallest absolute Gasteiger partial charge is 0.191 e. The second kappa shape index (κ2) is 11.0. The third-order valence-electron chi connectivity index (χ3n) is 5.54. The molecule has 1 rings (SSSR count). The molecule has 1 aromatic rings. The molecule has 25 heavy (non-hydrogen) atoms. The van der Waals surface area contributed by atoms with E-state index in [1.807, 2.05) is 0 Å². The fourth-order valence-electron chi connectivity index (χ4n) is 2.65. The van der Waals surface area contributed by atoms with Crippen molar-refractivity contribution in [3.05, 3.63) is 29.8 Å². The first kappa shape index (κ1) is 22.2. The number of methoxy groups -OCH3 is 1. The zero-order chi connectivity index (χ0) is 18.8. The highest BCUT2D eigenvalue weighted by Gasteiger charge is 2.36.